The molecule has 0 bridgehead atoms. The Kier molecular flexibility index (Phi) is 5.46. The zero-order valence-corrected chi connectivity index (χ0v) is 13.9. The predicted octanol–water partition coefficient (Wildman–Crippen LogP) is 1.83. The summed E-state index contributed by atoms with van der Waals surface area (Å²) in [4.78, 5) is 18.5. The summed E-state index contributed by atoms with van der Waals surface area (Å²) < 4.78 is 10.2. The number of carbonyl (C=O) groups is 1. The lowest BCUT2D eigenvalue weighted by Gasteiger charge is -2.40. The molecule has 5 nitrogen and oxygen atoms in total. The molecule has 122 valence electrons. The van der Waals surface area contributed by atoms with E-state index >= 15 is 0 Å². The number of hydrogen-bond acceptors (Lipinski definition) is 6. The number of thiophene rings is 1. The van der Waals surface area contributed by atoms with Crippen LogP contribution in [0.4, 0.5) is 0 Å². The summed E-state index contributed by atoms with van der Waals surface area (Å²) >= 11 is 1.54. The molecule has 0 atom stereocenters. The average Bonchev–Trinajstić information content (AvgIpc) is 3.04. The van der Waals surface area contributed by atoms with Crippen LogP contribution in [0.15, 0.2) is 12.1 Å². The summed E-state index contributed by atoms with van der Waals surface area (Å²) in [5.74, 6) is -0.236. The first-order chi connectivity index (χ1) is 10.8. The van der Waals surface area contributed by atoms with Crippen LogP contribution in [0.5, 0.6) is 0 Å². The van der Waals surface area contributed by atoms with E-state index in [4.69, 9.17) is 9.47 Å². The molecule has 0 spiro atoms. The van der Waals surface area contributed by atoms with E-state index in [1.807, 2.05) is 12.1 Å². The van der Waals surface area contributed by atoms with Crippen LogP contribution in [0.3, 0.4) is 0 Å². The molecule has 3 heterocycles. The van der Waals surface area contributed by atoms with Gasteiger partial charge in [0.05, 0.1) is 7.11 Å². The van der Waals surface area contributed by atoms with Crippen LogP contribution in [-0.4, -0.2) is 68.3 Å². The maximum Gasteiger partial charge on any atom is 0.348 e. The third-order valence-corrected chi connectivity index (χ3v) is 5.59. The van der Waals surface area contributed by atoms with Gasteiger partial charge in [-0.2, -0.15) is 0 Å². The van der Waals surface area contributed by atoms with Crippen LogP contribution in [-0.2, 0) is 16.0 Å². The number of hydrogen-bond donors (Lipinski definition) is 0. The molecule has 1 aromatic heterocycles. The molecule has 3 rings (SSSR count). The van der Waals surface area contributed by atoms with Crippen molar-refractivity contribution in [2.45, 2.75) is 25.4 Å². The van der Waals surface area contributed by atoms with E-state index in [2.05, 4.69) is 9.80 Å². The monoisotopic (exact) mass is 324 g/mol. The van der Waals surface area contributed by atoms with Gasteiger partial charge < -0.3 is 9.47 Å². The molecule has 2 aliphatic rings. The highest BCUT2D eigenvalue weighted by Crippen LogP contribution is 2.21. The van der Waals surface area contributed by atoms with Gasteiger partial charge in [0.2, 0.25) is 0 Å². The molecule has 0 saturated carbocycles. The average molecular weight is 324 g/mol. The van der Waals surface area contributed by atoms with Crippen LogP contribution in [0.1, 0.15) is 27.4 Å². The standard InChI is InChI=1S/C16H24N2O3S/c1-20-16(19)15-3-2-14(22-15)12-17-6-8-18(9-7-17)13-4-10-21-11-5-13/h2-3,13H,4-12H2,1H3. The van der Waals surface area contributed by atoms with Crippen LogP contribution in [0.2, 0.25) is 0 Å². The Bertz CT molecular complexity index is 491. The number of esters is 1. The van der Waals surface area contributed by atoms with Crippen molar-refractivity contribution >= 4 is 17.3 Å². The Balaban J connectivity index is 1.47. The molecule has 0 radical (unpaired) electrons. The molecular weight excluding hydrogens is 300 g/mol. The minimum atomic E-state index is -0.236. The Labute approximate surface area is 135 Å². The number of methoxy groups -OCH3 is 1. The van der Waals surface area contributed by atoms with Gasteiger partial charge in [-0.25, -0.2) is 4.79 Å². The van der Waals surface area contributed by atoms with E-state index in [1.165, 1.54) is 24.8 Å². The fourth-order valence-corrected chi connectivity index (χ4v) is 4.20. The molecule has 2 saturated heterocycles. The van der Waals surface area contributed by atoms with E-state index in [0.717, 1.165) is 45.9 Å². The largest absolute Gasteiger partial charge is 0.465 e. The zero-order chi connectivity index (χ0) is 15.4. The first-order valence-corrected chi connectivity index (χ1v) is 8.79. The van der Waals surface area contributed by atoms with Crippen LogP contribution in [0, 0.1) is 0 Å². The number of ether oxygens (including phenoxy) is 2. The molecule has 2 fully saturated rings. The van der Waals surface area contributed by atoms with Gasteiger partial charge in [0.15, 0.2) is 0 Å². The second kappa shape index (κ2) is 7.55. The molecule has 1 aromatic rings. The SMILES string of the molecule is COC(=O)c1ccc(CN2CCN(C3CCOCC3)CC2)s1. The lowest BCUT2D eigenvalue weighted by molar-refractivity contribution is 0.0127. The van der Waals surface area contributed by atoms with Gasteiger partial charge in [-0.15, -0.1) is 11.3 Å². The van der Waals surface area contributed by atoms with Gasteiger partial charge in [-0.05, 0) is 25.0 Å². The first kappa shape index (κ1) is 15.9. The van der Waals surface area contributed by atoms with Gasteiger partial charge in [0, 0.05) is 56.9 Å². The molecular formula is C16H24N2O3S. The lowest BCUT2D eigenvalue weighted by atomic mass is 10.1. The van der Waals surface area contributed by atoms with E-state index in [1.54, 1.807) is 11.3 Å². The van der Waals surface area contributed by atoms with E-state index in [9.17, 15) is 4.79 Å². The van der Waals surface area contributed by atoms with Crippen molar-refractivity contribution in [1.29, 1.82) is 0 Å². The topological polar surface area (TPSA) is 42.0 Å². The summed E-state index contributed by atoms with van der Waals surface area (Å²) in [6, 6.07) is 4.62. The maximum atomic E-state index is 11.5. The summed E-state index contributed by atoms with van der Waals surface area (Å²) in [6.45, 7) is 7.24. The fourth-order valence-electron chi connectivity index (χ4n) is 3.23. The van der Waals surface area contributed by atoms with Crippen molar-refractivity contribution in [1.82, 2.24) is 9.80 Å². The highest BCUT2D eigenvalue weighted by molar-refractivity contribution is 7.13. The molecule has 0 aliphatic carbocycles. The van der Waals surface area contributed by atoms with Gasteiger partial charge in [-0.1, -0.05) is 0 Å². The minimum absolute atomic E-state index is 0.236. The van der Waals surface area contributed by atoms with E-state index < -0.39 is 0 Å². The second-order valence-corrected chi connectivity index (χ2v) is 7.08. The van der Waals surface area contributed by atoms with Crippen LogP contribution < -0.4 is 0 Å². The molecule has 0 aromatic carbocycles. The van der Waals surface area contributed by atoms with Crippen LogP contribution in [0.25, 0.3) is 0 Å². The van der Waals surface area contributed by atoms with Gasteiger partial charge >= 0.3 is 5.97 Å². The van der Waals surface area contributed by atoms with E-state index in [-0.39, 0.29) is 5.97 Å². The quantitative estimate of drug-likeness (QED) is 0.791. The Morgan fingerprint density at radius 1 is 1.27 bits per heavy atom. The predicted molar refractivity (Wildman–Crippen MR) is 86.3 cm³/mol. The summed E-state index contributed by atoms with van der Waals surface area (Å²) in [5.41, 5.74) is 0. The lowest BCUT2D eigenvalue weighted by Crippen LogP contribution is -2.51. The number of carbonyl (C=O) groups excluding carboxylic acids is 1. The number of nitrogens with zero attached hydrogens (tertiary/aromatic N) is 2. The van der Waals surface area contributed by atoms with Crippen molar-refractivity contribution in [2.75, 3.05) is 46.5 Å². The smallest absolute Gasteiger partial charge is 0.348 e. The zero-order valence-electron chi connectivity index (χ0n) is 13.1. The van der Waals surface area contributed by atoms with Crippen molar-refractivity contribution in [3.8, 4) is 0 Å². The summed E-state index contributed by atoms with van der Waals surface area (Å²) in [7, 11) is 1.43. The second-order valence-electron chi connectivity index (χ2n) is 5.91. The van der Waals surface area contributed by atoms with Gasteiger partial charge in [-0.3, -0.25) is 9.80 Å². The first-order valence-electron chi connectivity index (χ1n) is 7.97. The van der Waals surface area contributed by atoms with Crippen molar-refractivity contribution < 1.29 is 14.3 Å². The Morgan fingerprint density at radius 2 is 2.00 bits per heavy atom. The third-order valence-electron chi connectivity index (χ3n) is 4.54. The van der Waals surface area contributed by atoms with Crippen molar-refractivity contribution in [2.24, 2.45) is 0 Å². The minimum Gasteiger partial charge on any atom is -0.465 e. The van der Waals surface area contributed by atoms with Crippen LogP contribution >= 0.6 is 11.3 Å². The molecule has 2 aliphatic heterocycles. The summed E-state index contributed by atoms with van der Waals surface area (Å²) in [5, 5.41) is 0. The molecule has 22 heavy (non-hydrogen) atoms. The van der Waals surface area contributed by atoms with Crippen molar-refractivity contribution in [3.63, 3.8) is 0 Å². The third kappa shape index (κ3) is 3.87. The van der Waals surface area contributed by atoms with E-state index in [0.29, 0.717) is 10.9 Å². The Hall–Kier alpha value is -0.950. The molecule has 6 heteroatoms. The highest BCUT2D eigenvalue weighted by Gasteiger charge is 2.25. The highest BCUT2D eigenvalue weighted by atomic mass is 32.1. The fraction of sp³-hybridized carbons (Fsp3) is 0.688. The normalized spacial score (nSPS) is 21.9. The maximum absolute atomic E-state index is 11.5. The summed E-state index contributed by atoms with van der Waals surface area (Å²) in [6.07, 6.45) is 2.35. The van der Waals surface area contributed by atoms with Crippen molar-refractivity contribution in [3.05, 3.63) is 21.9 Å². The number of rotatable bonds is 4. The molecule has 0 amide bonds. The number of piperazine rings is 1. The molecule has 0 N–H and O–H groups in total. The van der Waals surface area contributed by atoms with Gasteiger partial charge in [0.1, 0.15) is 4.88 Å². The molecule has 0 unspecified atom stereocenters. The van der Waals surface area contributed by atoms with Gasteiger partial charge in [0.25, 0.3) is 0 Å². The Morgan fingerprint density at radius 3 is 2.68 bits per heavy atom.